The van der Waals surface area contributed by atoms with Crippen molar-refractivity contribution in [3.63, 3.8) is 0 Å². The van der Waals surface area contributed by atoms with Crippen LogP contribution in [0.2, 0.25) is 0 Å². The Hall–Kier alpha value is -0.650. The summed E-state index contributed by atoms with van der Waals surface area (Å²) in [6.45, 7) is 4.15. The molecule has 2 aliphatic heterocycles. The molecule has 5 heteroatoms. The zero-order valence-corrected chi connectivity index (χ0v) is 12.2. The summed E-state index contributed by atoms with van der Waals surface area (Å²) in [5.41, 5.74) is 0. The van der Waals surface area contributed by atoms with E-state index in [1.54, 1.807) is 0 Å². The van der Waals surface area contributed by atoms with Crippen LogP contribution in [0.3, 0.4) is 0 Å². The second kappa shape index (κ2) is 7.22. The van der Waals surface area contributed by atoms with Gasteiger partial charge in [-0.3, -0.25) is 4.79 Å². The maximum absolute atomic E-state index is 12.2. The summed E-state index contributed by atoms with van der Waals surface area (Å²) in [4.78, 5) is 16.5. The van der Waals surface area contributed by atoms with Crippen LogP contribution in [-0.2, 0) is 9.53 Å². The summed E-state index contributed by atoms with van der Waals surface area (Å²) in [5.74, 6) is 0.116. The number of morpholine rings is 1. The number of likely N-dealkylation sites (N-methyl/N-ethyl adjacent to an activating group) is 1. The Bertz CT molecular complexity index is 292. The van der Waals surface area contributed by atoms with Gasteiger partial charge in [0.1, 0.15) is 6.10 Å². The highest BCUT2D eigenvalue weighted by atomic mass is 16.5. The number of nitrogens with one attached hydrogen (secondary N) is 1. The zero-order chi connectivity index (χ0) is 13.7. The van der Waals surface area contributed by atoms with Crippen molar-refractivity contribution in [3.8, 4) is 0 Å². The summed E-state index contributed by atoms with van der Waals surface area (Å²) >= 11 is 0. The smallest absolute Gasteiger partial charge is 0.252 e. The third-order valence-electron chi connectivity index (χ3n) is 4.30. The van der Waals surface area contributed by atoms with Crippen LogP contribution in [0, 0.1) is 0 Å². The number of likely N-dealkylation sites (tertiary alicyclic amines) is 1. The Morgan fingerprint density at radius 2 is 2.32 bits per heavy atom. The van der Waals surface area contributed by atoms with Crippen LogP contribution in [0.15, 0.2) is 0 Å². The molecule has 1 amide bonds. The lowest BCUT2D eigenvalue weighted by Crippen LogP contribution is -2.49. The average molecular weight is 269 g/mol. The highest BCUT2D eigenvalue weighted by Gasteiger charge is 2.26. The standard InChI is InChI=1S/C14H27N3O2/c1-16-8-4-3-5-12(16)6-9-17(2)14(18)13-11-15-7-10-19-13/h12-13,15H,3-11H2,1-2H3/t12?,13-/m1/s1. The van der Waals surface area contributed by atoms with Gasteiger partial charge in [-0.2, -0.15) is 0 Å². The molecule has 0 aromatic heterocycles. The Labute approximate surface area is 116 Å². The van der Waals surface area contributed by atoms with Crippen molar-refractivity contribution in [2.75, 3.05) is 46.9 Å². The molecule has 19 heavy (non-hydrogen) atoms. The van der Waals surface area contributed by atoms with E-state index in [0.29, 0.717) is 19.2 Å². The fourth-order valence-electron chi connectivity index (χ4n) is 2.93. The van der Waals surface area contributed by atoms with Crippen LogP contribution in [0.1, 0.15) is 25.7 Å². The van der Waals surface area contributed by atoms with Crippen LogP contribution in [0.4, 0.5) is 0 Å². The molecular weight excluding hydrogens is 242 g/mol. The predicted octanol–water partition coefficient (Wildman–Crippen LogP) is 0.308. The number of hydrogen-bond acceptors (Lipinski definition) is 4. The lowest BCUT2D eigenvalue weighted by atomic mass is 10.00. The van der Waals surface area contributed by atoms with Crippen molar-refractivity contribution in [2.24, 2.45) is 0 Å². The van der Waals surface area contributed by atoms with Gasteiger partial charge in [0.05, 0.1) is 6.61 Å². The van der Waals surface area contributed by atoms with Crippen LogP contribution < -0.4 is 5.32 Å². The molecule has 0 spiro atoms. The van der Waals surface area contributed by atoms with E-state index < -0.39 is 0 Å². The summed E-state index contributed by atoms with van der Waals surface area (Å²) < 4.78 is 5.51. The van der Waals surface area contributed by atoms with Crippen molar-refractivity contribution in [2.45, 2.75) is 37.8 Å². The number of amides is 1. The topological polar surface area (TPSA) is 44.8 Å². The third kappa shape index (κ3) is 4.16. The molecule has 0 aromatic carbocycles. The minimum atomic E-state index is -0.289. The molecule has 0 aliphatic carbocycles. The highest BCUT2D eigenvalue weighted by Crippen LogP contribution is 2.18. The zero-order valence-electron chi connectivity index (χ0n) is 12.2. The second-order valence-electron chi connectivity index (χ2n) is 5.74. The van der Waals surface area contributed by atoms with E-state index in [0.717, 1.165) is 19.5 Å². The summed E-state index contributed by atoms with van der Waals surface area (Å²) in [6.07, 6.45) is 4.67. The normalized spacial score (nSPS) is 29.2. The first-order valence-corrected chi connectivity index (χ1v) is 7.46. The summed E-state index contributed by atoms with van der Waals surface area (Å²) in [7, 11) is 4.09. The first-order valence-electron chi connectivity index (χ1n) is 7.46. The van der Waals surface area contributed by atoms with Crippen molar-refractivity contribution in [1.29, 1.82) is 0 Å². The van der Waals surface area contributed by atoms with E-state index in [1.165, 1.54) is 25.8 Å². The largest absolute Gasteiger partial charge is 0.366 e. The minimum absolute atomic E-state index is 0.116. The summed E-state index contributed by atoms with van der Waals surface area (Å²) in [6, 6.07) is 0.634. The number of nitrogens with zero attached hydrogens (tertiary/aromatic N) is 2. The number of piperidine rings is 1. The molecule has 0 aromatic rings. The van der Waals surface area contributed by atoms with Crippen molar-refractivity contribution in [1.82, 2.24) is 15.1 Å². The van der Waals surface area contributed by atoms with Crippen molar-refractivity contribution >= 4 is 5.91 Å². The molecule has 2 fully saturated rings. The Morgan fingerprint density at radius 1 is 1.47 bits per heavy atom. The van der Waals surface area contributed by atoms with Crippen LogP contribution in [0.25, 0.3) is 0 Å². The molecule has 1 unspecified atom stereocenters. The van der Waals surface area contributed by atoms with Crippen LogP contribution in [0.5, 0.6) is 0 Å². The first-order chi connectivity index (χ1) is 9.18. The monoisotopic (exact) mass is 269 g/mol. The number of hydrogen-bond donors (Lipinski definition) is 1. The van der Waals surface area contributed by atoms with E-state index in [-0.39, 0.29) is 12.0 Å². The molecule has 2 heterocycles. The average Bonchev–Trinajstić information content (AvgIpc) is 2.46. The van der Waals surface area contributed by atoms with Gasteiger partial charge in [0.15, 0.2) is 0 Å². The van der Waals surface area contributed by atoms with E-state index in [2.05, 4.69) is 17.3 Å². The highest BCUT2D eigenvalue weighted by molar-refractivity contribution is 5.81. The maximum Gasteiger partial charge on any atom is 0.252 e. The minimum Gasteiger partial charge on any atom is -0.366 e. The van der Waals surface area contributed by atoms with E-state index in [4.69, 9.17) is 4.74 Å². The fraction of sp³-hybridized carbons (Fsp3) is 0.929. The molecule has 1 N–H and O–H groups in total. The van der Waals surface area contributed by atoms with Gasteiger partial charge in [-0.25, -0.2) is 0 Å². The van der Waals surface area contributed by atoms with Gasteiger partial charge in [0.25, 0.3) is 5.91 Å². The quantitative estimate of drug-likeness (QED) is 0.798. The molecule has 2 saturated heterocycles. The lowest BCUT2D eigenvalue weighted by molar-refractivity contribution is -0.144. The molecule has 2 rings (SSSR count). The first kappa shape index (κ1) is 14.8. The van der Waals surface area contributed by atoms with E-state index >= 15 is 0 Å². The van der Waals surface area contributed by atoms with Gasteiger partial charge in [0.2, 0.25) is 0 Å². The number of ether oxygens (including phenoxy) is 1. The summed E-state index contributed by atoms with van der Waals surface area (Å²) in [5, 5.41) is 3.20. The Balaban J connectivity index is 1.73. The van der Waals surface area contributed by atoms with Gasteiger partial charge in [-0.1, -0.05) is 6.42 Å². The van der Waals surface area contributed by atoms with E-state index in [9.17, 15) is 4.79 Å². The molecule has 5 nitrogen and oxygen atoms in total. The molecular formula is C14H27N3O2. The fourth-order valence-corrected chi connectivity index (χ4v) is 2.93. The van der Waals surface area contributed by atoms with Gasteiger partial charge >= 0.3 is 0 Å². The second-order valence-corrected chi connectivity index (χ2v) is 5.74. The van der Waals surface area contributed by atoms with Crippen molar-refractivity contribution in [3.05, 3.63) is 0 Å². The molecule has 0 saturated carbocycles. The van der Waals surface area contributed by atoms with E-state index in [1.807, 2.05) is 11.9 Å². The third-order valence-corrected chi connectivity index (χ3v) is 4.30. The van der Waals surface area contributed by atoms with Crippen molar-refractivity contribution < 1.29 is 9.53 Å². The number of carbonyl (C=O) groups is 1. The van der Waals surface area contributed by atoms with Gasteiger partial charge in [-0.15, -0.1) is 0 Å². The Morgan fingerprint density at radius 3 is 3.00 bits per heavy atom. The molecule has 2 aliphatic rings. The number of rotatable bonds is 4. The predicted molar refractivity (Wildman–Crippen MR) is 75.1 cm³/mol. The molecule has 0 bridgehead atoms. The van der Waals surface area contributed by atoms with Gasteiger partial charge in [-0.05, 0) is 32.9 Å². The molecule has 2 atom stereocenters. The van der Waals surface area contributed by atoms with Gasteiger partial charge in [0, 0.05) is 32.7 Å². The Kier molecular flexibility index (Phi) is 5.60. The molecule has 110 valence electrons. The molecule has 0 radical (unpaired) electrons. The van der Waals surface area contributed by atoms with Crippen LogP contribution >= 0.6 is 0 Å². The van der Waals surface area contributed by atoms with Gasteiger partial charge < -0.3 is 19.9 Å². The maximum atomic E-state index is 12.2. The van der Waals surface area contributed by atoms with Crippen LogP contribution in [-0.4, -0.2) is 74.7 Å². The number of carbonyl (C=O) groups excluding carboxylic acids is 1. The lowest BCUT2D eigenvalue weighted by Gasteiger charge is -2.34. The SMILES string of the molecule is CN(CCC1CCCCN1C)C(=O)[C@H]1CNCCO1.